The minimum atomic E-state index is -1.00. The molecule has 0 amide bonds. The predicted molar refractivity (Wildman–Crippen MR) is 54.1 cm³/mol. The fourth-order valence-electron chi connectivity index (χ4n) is 1.14. The van der Waals surface area contributed by atoms with E-state index < -0.39 is 5.97 Å². The molecule has 1 radical (unpaired) electrons. The van der Waals surface area contributed by atoms with Crippen LogP contribution in [0, 0.1) is 6.10 Å². The molecule has 0 saturated carbocycles. The summed E-state index contributed by atoms with van der Waals surface area (Å²) >= 11 is 0. The van der Waals surface area contributed by atoms with Gasteiger partial charge in [-0.3, -0.25) is 0 Å². The lowest BCUT2D eigenvalue weighted by molar-refractivity contribution is -0.139. The highest BCUT2D eigenvalue weighted by molar-refractivity contribution is 5.68. The van der Waals surface area contributed by atoms with Gasteiger partial charge in [0.2, 0.25) is 0 Å². The zero-order valence-corrected chi connectivity index (χ0v) is 8.43. The van der Waals surface area contributed by atoms with Crippen LogP contribution in [0.3, 0.4) is 0 Å². The second-order valence-corrected chi connectivity index (χ2v) is 3.24. The fraction of sp³-hybridized carbons (Fsp3) is 0.273. The number of aliphatic hydroxyl groups is 1. The molecule has 0 aromatic heterocycles. The molecule has 81 valence electrons. The Labute approximate surface area is 88.1 Å². The van der Waals surface area contributed by atoms with Gasteiger partial charge >= 0.3 is 5.97 Å². The SMILES string of the molecule is C[C](O)Cc1ccc(OCC(=O)O)cc1. The highest BCUT2D eigenvalue weighted by Gasteiger charge is 2.01. The van der Waals surface area contributed by atoms with Gasteiger partial charge in [0, 0.05) is 6.42 Å². The van der Waals surface area contributed by atoms with Gasteiger partial charge in [-0.15, -0.1) is 0 Å². The number of ether oxygens (including phenoxy) is 1. The lowest BCUT2D eigenvalue weighted by Crippen LogP contribution is -2.09. The molecular formula is C11H13O4. The van der Waals surface area contributed by atoms with E-state index in [1.165, 1.54) is 0 Å². The Kier molecular flexibility index (Phi) is 4.12. The van der Waals surface area contributed by atoms with E-state index in [4.69, 9.17) is 14.9 Å². The van der Waals surface area contributed by atoms with Crippen molar-refractivity contribution in [3.8, 4) is 5.75 Å². The van der Waals surface area contributed by atoms with Gasteiger partial charge in [-0.25, -0.2) is 4.79 Å². The molecule has 1 aromatic rings. The molecule has 0 unspecified atom stereocenters. The number of hydrogen-bond donors (Lipinski definition) is 2. The van der Waals surface area contributed by atoms with Crippen LogP contribution in [0.1, 0.15) is 12.5 Å². The summed E-state index contributed by atoms with van der Waals surface area (Å²) in [5.41, 5.74) is 0.956. The maximum absolute atomic E-state index is 10.2. The first-order chi connectivity index (χ1) is 7.08. The third-order valence-electron chi connectivity index (χ3n) is 1.75. The van der Waals surface area contributed by atoms with Crippen LogP contribution in [-0.4, -0.2) is 22.8 Å². The number of carbonyl (C=O) groups is 1. The van der Waals surface area contributed by atoms with Crippen molar-refractivity contribution in [3.63, 3.8) is 0 Å². The Hall–Kier alpha value is -1.55. The van der Waals surface area contributed by atoms with Crippen LogP contribution in [0.2, 0.25) is 0 Å². The molecule has 1 rings (SSSR count). The average molecular weight is 209 g/mol. The number of hydrogen-bond acceptors (Lipinski definition) is 3. The predicted octanol–water partition coefficient (Wildman–Crippen LogP) is 1.62. The first-order valence-corrected chi connectivity index (χ1v) is 4.53. The molecule has 2 N–H and O–H groups in total. The van der Waals surface area contributed by atoms with Gasteiger partial charge in [-0.1, -0.05) is 12.1 Å². The number of aliphatic hydroxyl groups excluding tert-OH is 1. The molecule has 0 atom stereocenters. The summed E-state index contributed by atoms with van der Waals surface area (Å²) in [7, 11) is 0. The van der Waals surface area contributed by atoms with E-state index in [0.717, 1.165) is 5.56 Å². The number of benzene rings is 1. The molecule has 15 heavy (non-hydrogen) atoms. The van der Waals surface area contributed by atoms with Crippen molar-refractivity contribution in [2.45, 2.75) is 13.3 Å². The van der Waals surface area contributed by atoms with Gasteiger partial charge in [0.25, 0.3) is 0 Å². The quantitative estimate of drug-likeness (QED) is 0.773. The van der Waals surface area contributed by atoms with Gasteiger partial charge in [0.15, 0.2) is 6.61 Å². The van der Waals surface area contributed by atoms with Crippen LogP contribution < -0.4 is 4.74 Å². The summed E-state index contributed by atoms with van der Waals surface area (Å²) < 4.78 is 4.96. The van der Waals surface area contributed by atoms with Gasteiger partial charge in [-0.2, -0.15) is 0 Å². The van der Waals surface area contributed by atoms with Crippen molar-refractivity contribution in [2.24, 2.45) is 0 Å². The second kappa shape index (κ2) is 5.36. The summed E-state index contributed by atoms with van der Waals surface area (Å²) in [6.07, 6.45) is 0.841. The fourth-order valence-corrected chi connectivity index (χ4v) is 1.14. The van der Waals surface area contributed by atoms with Crippen molar-refractivity contribution in [1.82, 2.24) is 0 Å². The number of rotatable bonds is 5. The molecule has 0 bridgehead atoms. The minimum Gasteiger partial charge on any atom is -0.482 e. The van der Waals surface area contributed by atoms with E-state index in [0.29, 0.717) is 18.3 Å². The Morgan fingerprint density at radius 2 is 1.87 bits per heavy atom. The molecule has 0 spiro atoms. The van der Waals surface area contributed by atoms with Crippen molar-refractivity contribution in [3.05, 3.63) is 35.9 Å². The molecule has 0 aliphatic carbocycles. The first kappa shape index (κ1) is 11.5. The smallest absolute Gasteiger partial charge is 0.341 e. The van der Waals surface area contributed by atoms with E-state index in [-0.39, 0.29) is 6.61 Å². The highest BCUT2D eigenvalue weighted by Crippen LogP contribution is 2.14. The minimum absolute atomic E-state index is 0.342. The summed E-state index contributed by atoms with van der Waals surface area (Å²) in [6.45, 7) is 1.29. The Morgan fingerprint density at radius 1 is 1.27 bits per heavy atom. The van der Waals surface area contributed by atoms with E-state index in [1.807, 2.05) is 0 Å². The number of aliphatic carboxylic acids is 1. The van der Waals surface area contributed by atoms with Crippen LogP contribution >= 0.6 is 0 Å². The molecule has 0 aliphatic heterocycles. The van der Waals surface area contributed by atoms with Crippen LogP contribution in [0.5, 0.6) is 5.75 Å². The summed E-state index contributed by atoms with van der Waals surface area (Å²) in [5.74, 6) is -0.490. The zero-order valence-electron chi connectivity index (χ0n) is 8.43. The summed E-state index contributed by atoms with van der Waals surface area (Å²) in [6, 6.07) is 6.94. The lowest BCUT2D eigenvalue weighted by atomic mass is 10.1. The monoisotopic (exact) mass is 209 g/mol. The maximum Gasteiger partial charge on any atom is 0.341 e. The van der Waals surface area contributed by atoms with Gasteiger partial charge in [0.1, 0.15) is 5.75 Å². The lowest BCUT2D eigenvalue weighted by Gasteiger charge is -2.05. The molecule has 0 fully saturated rings. The Bertz CT molecular complexity index is 316. The average Bonchev–Trinajstić information content (AvgIpc) is 2.16. The van der Waals surface area contributed by atoms with Crippen LogP contribution in [-0.2, 0) is 11.2 Å². The molecular weight excluding hydrogens is 196 g/mol. The van der Waals surface area contributed by atoms with E-state index in [2.05, 4.69) is 0 Å². The van der Waals surface area contributed by atoms with Crippen LogP contribution in [0.15, 0.2) is 24.3 Å². The van der Waals surface area contributed by atoms with Gasteiger partial charge in [0.05, 0.1) is 6.10 Å². The Morgan fingerprint density at radius 3 is 2.33 bits per heavy atom. The van der Waals surface area contributed by atoms with Gasteiger partial charge < -0.3 is 14.9 Å². The zero-order chi connectivity index (χ0) is 11.3. The normalized spacial score (nSPS) is 10.3. The number of carboxylic acids is 1. The standard InChI is InChI=1S/C11H13O4/c1-8(12)6-9-2-4-10(5-3-9)15-7-11(13)14/h2-5,12H,6-7H2,1H3,(H,13,14). The van der Waals surface area contributed by atoms with Crippen molar-refractivity contribution in [1.29, 1.82) is 0 Å². The molecule has 0 heterocycles. The maximum atomic E-state index is 10.2. The van der Waals surface area contributed by atoms with E-state index in [1.54, 1.807) is 31.2 Å². The van der Waals surface area contributed by atoms with Crippen molar-refractivity contribution < 1.29 is 19.7 Å². The third-order valence-corrected chi connectivity index (χ3v) is 1.75. The molecule has 4 nitrogen and oxygen atoms in total. The molecule has 0 aliphatic rings. The largest absolute Gasteiger partial charge is 0.482 e. The van der Waals surface area contributed by atoms with Crippen molar-refractivity contribution in [2.75, 3.05) is 6.61 Å². The third kappa shape index (κ3) is 4.46. The molecule has 4 heteroatoms. The summed E-state index contributed by atoms with van der Waals surface area (Å²) in [4.78, 5) is 10.2. The molecule has 1 aromatic carbocycles. The van der Waals surface area contributed by atoms with E-state index >= 15 is 0 Å². The second-order valence-electron chi connectivity index (χ2n) is 3.24. The van der Waals surface area contributed by atoms with Crippen molar-refractivity contribution >= 4 is 5.97 Å². The van der Waals surface area contributed by atoms with Gasteiger partial charge in [-0.05, 0) is 24.6 Å². The highest BCUT2D eigenvalue weighted by atomic mass is 16.5. The van der Waals surface area contributed by atoms with Crippen LogP contribution in [0.4, 0.5) is 0 Å². The first-order valence-electron chi connectivity index (χ1n) is 4.53. The topological polar surface area (TPSA) is 66.8 Å². The van der Waals surface area contributed by atoms with E-state index in [9.17, 15) is 4.79 Å². The summed E-state index contributed by atoms with van der Waals surface area (Å²) in [5, 5.41) is 17.4. The number of carboxylic acid groups (broad SMARTS) is 1. The van der Waals surface area contributed by atoms with Crippen LogP contribution in [0.25, 0.3) is 0 Å². The Balaban J connectivity index is 2.52. The molecule has 0 saturated heterocycles.